The summed E-state index contributed by atoms with van der Waals surface area (Å²) in [4.78, 5) is 2.44. The van der Waals surface area contributed by atoms with E-state index in [0.717, 1.165) is 25.8 Å². The molecule has 0 spiro atoms. The van der Waals surface area contributed by atoms with Gasteiger partial charge in [-0.05, 0) is 52.7 Å². The molecule has 1 aliphatic rings. The van der Waals surface area contributed by atoms with E-state index in [-0.39, 0.29) is 5.54 Å². The van der Waals surface area contributed by atoms with Crippen molar-refractivity contribution in [2.45, 2.75) is 57.0 Å². The van der Waals surface area contributed by atoms with Crippen LogP contribution < -0.4 is 5.32 Å². The lowest BCUT2D eigenvalue weighted by molar-refractivity contribution is 0.147. The second kappa shape index (κ2) is 6.22. The lowest BCUT2D eigenvalue weighted by Crippen LogP contribution is -2.50. The molecule has 92 valence electrons. The monoisotopic (exact) mass is 223 g/mol. The first kappa shape index (κ1) is 13.5. The van der Waals surface area contributed by atoms with Crippen molar-refractivity contribution in [1.29, 1.82) is 5.26 Å². The van der Waals surface area contributed by atoms with Gasteiger partial charge in [0, 0.05) is 6.04 Å². The average Bonchev–Trinajstić information content (AvgIpc) is 2.35. The third kappa shape index (κ3) is 3.20. The first-order valence-electron chi connectivity index (χ1n) is 6.48. The zero-order valence-electron chi connectivity index (χ0n) is 10.9. The summed E-state index contributed by atoms with van der Waals surface area (Å²) in [6, 6.07) is 3.05. The summed E-state index contributed by atoms with van der Waals surface area (Å²) in [5.74, 6) is 0. The van der Waals surface area contributed by atoms with Gasteiger partial charge >= 0.3 is 0 Å². The van der Waals surface area contributed by atoms with Gasteiger partial charge in [0.1, 0.15) is 5.54 Å². The zero-order chi connectivity index (χ0) is 12.0. The molecule has 2 unspecified atom stereocenters. The van der Waals surface area contributed by atoms with Crippen LogP contribution in [0.3, 0.4) is 0 Å². The molecule has 1 rings (SSSR count). The molecule has 3 heteroatoms. The molecule has 1 N–H and O–H groups in total. The third-order valence-electron chi connectivity index (χ3n) is 3.91. The molecule has 0 saturated heterocycles. The molecule has 0 radical (unpaired) electrons. The van der Waals surface area contributed by atoms with Crippen LogP contribution in [0.15, 0.2) is 0 Å². The van der Waals surface area contributed by atoms with E-state index in [1.165, 1.54) is 19.3 Å². The van der Waals surface area contributed by atoms with Gasteiger partial charge in [0.25, 0.3) is 0 Å². The van der Waals surface area contributed by atoms with E-state index in [1.54, 1.807) is 0 Å². The lowest BCUT2D eigenvalue weighted by atomic mass is 9.79. The van der Waals surface area contributed by atoms with E-state index < -0.39 is 0 Å². The maximum absolute atomic E-state index is 9.29. The molecular weight excluding hydrogens is 198 g/mol. The fraction of sp³-hybridized carbons (Fsp3) is 0.923. The van der Waals surface area contributed by atoms with Crippen LogP contribution in [0, 0.1) is 11.3 Å². The maximum Gasteiger partial charge on any atom is 0.108 e. The van der Waals surface area contributed by atoms with Crippen molar-refractivity contribution in [2.24, 2.45) is 0 Å². The molecule has 0 heterocycles. The summed E-state index contributed by atoms with van der Waals surface area (Å²) in [7, 11) is 4.11. The van der Waals surface area contributed by atoms with Crippen molar-refractivity contribution in [3.63, 3.8) is 0 Å². The Bertz CT molecular complexity index is 246. The van der Waals surface area contributed by atoms with Gasteiger partial charge in [-0.25, -0.2) is 0 Å². The molecule has 1 saturated carbocycles. The Kier molecular flexibility index (Phi) is 5.24. The van der Waals surface area contributed by atoms with Gasteiger partial charge in [-0.3, -0.25) is 0 Å². The quantitative estimate of drug-likeness (QED) is 0.776. The van der Waals surface area contributed by atoms with Crippen molar-refractivity contribution in [2.75, 3.05) is 20.6 Å². The Balaban J connectivity index is 2.53. The van der Waals surface area contributed by atoms with Crippen LogP contribution in [0.4, 0.5) is 0 Å². The molecule has 1 aliphatic carbocycles. The Hall–Kier alpha value is -0.590. The van der Waals surface area contributed by atoms with Crippen LogP contribution in [0.5, 0.6) is 0 Å². The van der Waals surface area contributed by atoms with Crippen molar-refractivity contribution in [1.82, 2.24) is 10.2 Å². The standard InChI is InChI=1S/C13H25N3/c1-4-5-9-16(3)12-7-6-8-13(10-12,11-14)15-2/h12,15H,4-10H2,1-3H3. The van der Waals surface area contributed by atoms with Crippen LogP contribution in [-0.4, -0.2) is 37.1 Å². The van der Waals surface area contributed by atoms with E-state index in [4.69, 9.17) is 0 Å². The first-order valence-corrected chi connectivity index (χ1v) is 6.48. The number of hydrogen-bond acceptors (Lipinski definition) is 3. The maximum atomic E-state index is 9.29. The lowest BCUT2D eigenvalue weighted by Gasteiger charge is -2.39. The molecule has 0 amide bonds. The van der Waals surface area contributed by atoms with Crippen LogP contribution >= 0.6 is 0 Å². The van der Waals surface area contributed by atoms with Crippen LogP contribution in [-0.2, 0) is 0 Å². The van der Waals surface area contributed by atoms with Crippen molar-refractivity contribution >= 4 is 0 Å². The Morgan fingerprint density at radius 1 is 1.56 bits per heavy atom. The van der Waals surface area contributed by atoms with E-state index in [0.29, 0.717) is 6.04 Å². The third-order valence-corrected chi connectivity index (χ3v) is 3.91. The molecule has 2 atom stereocenters. The van der Waals surface area contributed by atoms with E-state index in [1.807, 2.05) is 7.05 Å². The first-order chi connectivity index (χ1) is 7.67. The highest BCUT2D eigenvalue weighted by Crippen LogP contribution is 2.30. The van der Waals surface area contributed by atoms with Gasteiger partial charge < -0.3 is 10.2 Å². The van der Waals surface area contributed by atoms with Gasteiger partial charge in [-0.2, -0.15) is 5.26 Å². The predicted octanol–water partition coefficient (Wildman–Crippen LogP) is 2.14. The minimum Gasteiger partial charge on any atom is -0.303 e. The molecule has 16 heavy (non-hydrogen) atoms. The van der Waals surface area contributed by atoms with E-state index in [2.05, 4.69) is 30.3 Å². The van der Waals surface area contributed by atoms with Gasteiger partial charge in [0.05, 0.1) is 6.07 Å². The minimum atomic E-state index is -0.274. The van der Waals surface area contributed by atoms with E-state index >= 15 is 0 Å². The van der Waals surface area contributed by atoms with Crippen LogP contribution in [0.1, 0.15) is 45.4 Å². The van der Waals surface area contributed by atoms with Crippen molar-refractivity contribution in [3.05, 3.63) is 0 Å². The average molecular weight is 223 g/mol. The molecule has 1 fully saturated rings. The topological polar surface area (TPSA) is 39.1 Å². The van der Waals surface area contributed by atoms with Gasteiger partial charge in [-0.1, -0.05) is 13.3 Å². The summed E-state index contributed by atoms with van der Waals surface area (Å²) < 4.78 is 0. The van der Waals surface area contributed by atoms with Gasteiger partial charge in [-0.15, -0.1) is 0 Å². The SMILES string of the molecule is CCCCN(C)C1CCCC(C#N)(NC)C1. The Morgan fingerprint density at radius 3 is 2.88 bits per heavy atom. The predicted molar refractivity (Wildman–Crippen MR) is 67.2 cm³/mol. The highest BCUT2D eigenvalue weighted by atomic mass is 15.1. The summed E-state index contributed by atoms with van der Waals surface area (Å²) in [5, 5.41) is 12.5. The fourth-order valence-electron chi connectivity index (χ4n) is 2.60. The minimum absolute atomic E-state index is 0.274. The summed E-state index contributed by atoms with van der Waals surface area (Å²) >= 11 is 0. The van der Waals surface area contributed by atoms with Gasteiger partial charge in [0.2, 0.25) is 0 Å². The smallest absolute Gasteiger partial charge is 0.108 e. The fourth-order valence-corrected chi connectivity index (χ4v) is 2.60. The van der Waals surface area contributed by atoms with Crippen LogP contribution in [0.25, 0.3) is 0 Å². The normalized spacial score (nSPS) is 30.3. The second-order valence-electron chi connectivity index (χ2n) is 5.03. The molecule has 3 nitrogen and oxygen atoms in total. The van der Waals surface area contributed by atoms with Crippen molar-refractivity contribution in [3.8, 4) is 6.07 Å². The zero-order valence-corrected chi connectivity index (χ0v) is 10.9. The molecular formula is C13H25N3. The number of rotatable bonds is 5. The highest BCUT2D eigenvalue weighted by molar-refractivity contribution is 5.10. The Labute approximate surface area is 99.8 Å². The largest absolute Gasteiger partial charge is 0.303 e. The summed E-state index contributed by atoms with van der Waals surface area (Å²) in [6.07, 6.45) is 6.87. The number of hydrogen-bond donors (Lipinski definition) is 1. The molecule has 0 aromatic carbocycles. The van der Waals surface area contributed by atoms with E-state index in [9.17, 15) is 5.26 Å². The molecule has 0 aliphatic heterocycles. The second-order valence-corrected chi connectivity index (χ2v) is 5.03. The Morgan fingerprint density at radius 2 is 2.31 bits per heavy atom. The number of nitriles is 1. The van der Waals surface area contributed by atoms with Gasteiger partial charge in [0.15, 0.2) is 0 Å². The number of unbranched alkanes of at least 4 members (excludes halogenated alkanes) is 1. The number of nitrogens with zero attached hydrogens (tertiary/aromatic N) is 2. The summed E-state index contributed by atoms with van der Waals surface area (Å²) in [5.41, 5.74) is -0.274. The summed E-state index contributed by atoms with van der Waals surface area (Å²) in [6.45, 7) is 3.38. The van der Waals surface area contributed by atoms with Crippen LogP contribution in [0.2, 0.25) is 0 Å². The highest BCUT2D eigenvalue weighted by Gasteiger charge is 2.36. The molecule has 0 bridgehead atoms. The van der Waals surface area contributed by atoms with Crippen molar-refractivity contribution < 1.29 is 0 Å². The molecule has 0 aromatic heterocycles. The molecule has 0 aromatic rings. The number of nitrogens with one attached hydrogen (secondary N) is 1.